The first-order valence-electron chi connectivity index (χ1n) is 4.93. The minimum absolute atomic E-state index is 0.0859. The third-order valence-corrected chi connectivity index (χ3v) is 2.95. The van der Waals surface area contributed by atoms with Gasteiger partial charge in [-0.25, -0.2) is 0 Å². The zero-order chi connectivity index (χ0) is 12.3. The SMILES string of the molecule is CC(C)C(N)C(=O)Nc1ccc(Cl)c(Cl)c1. The fraction of sp³-hybridized carbons (Fsp3) is 0.364. The van der Waals surface area contributed by atoms with Crippen LogP contribution < -0.4 is 11.1 Å². The molecule has 0 aliphatic rings. The molecular weight excluding hydrogens is 247 g/mol. The fourth-order valence-corrected chi connectivity index (χ4v) is 1.40. The fourth-order valence-electron chi connectivity index (χ4n) is 1.10. The first kappa shape index (κ1) is 13.3. The van der Waals surface area contributed by atoms with Crippen LogP contribution in [0.3, 0.4) is 0 Å². The van der Waals surface area contributed by atoms with E-state index in [2.05, 4.69) is 5.32 Å². The molecule has 16 heavy (non-hydrogen) atoms. The van der Waals surface area contributed by atoms with Gasteiger partial charge in [0, 0.05) is 5.69 Å². The van der Waals surface area contributed by atoms with Crippen molar-refractivity contribution in [2.24, 2.45) is 11.7 Å². The third kappa shape index (κ3) is 3.37. The van der Waals surface area contributed by atoms with Crippen LogP contribution in [-0.4, -0.2) is 11.9 Å². The average molecular weight is 261 g/mol. The summed E-state index contributed by atoms with van der Waals surface area (Å²) in [7, 11) is 0. The first-order chi connectivity index (χ1) is 7.41. The summed E-state index contributed by atoms with van der Waals surface area (Å²) in [5.41, 5.74) is 6.30. The molecule has 1 aromatic rings. The van der Waals surface area contributed by atoms with Crippen LogP contribution in [0.1, 0.15) is 13.8 Å². The number of halogens is 2. The van der Waals surface area contributed by atoms with E-state index in [-0.39, 0.29) is 11.8 Å². The van der Waals surface area contributed by atoms with Gasteiger partial charge < -0.3 is 11.1 Å². The summed E-state index contributed by atoms with van der Waals surface area (Å²) in [6, 6.07) is 4.36. The van der Waals surface area contributed by atoms with Gasteiger partial charge in [-0.05, 0) is 24.1 Å². The van der Waals surface area contributed by atoms with Crippen LogP contribution in [0.4, 0.5) is 5.69 Å². The summed E-state index contributed by atoms with van der Waals surface area (Å²) in [5.74, 6) is -0.142. The van der Waals surface area contributed by atoms with E-state index in [4.69, 9.17) is 28.9 Å². The number of nitrogens with two attached hydrogens (primary N) is 1. The molecule has 1 unspecified atom stereocenters. The summed E-state index contributed by atoms with van der Waals surface area (Å²) in [6.07, 6.45) is 0. The third-order valence-electron chi connectivity index (χ3n) is 2.21. The highest BCUT2D eigenvalue weighted by Crippen LogP contribution is 2.25. The number of anilines is 1. The molecule has 0 bridgehead atoms. The van der Waals surface area contributed by atoms with Crippen molar-refractivity contribution in [3.05, 3.63) is 28.2 Å². The maximum Gasteiger partial charge on any atom is 0.241 e. The van der Waals surface area contributed by atoms with Crippen molar-refractivity contribution in [2.75, 3.05) is 5.32 Å². The molecule has 88 valence electrons. The van der Waals surface area contributed by atoms with Gasteiger partial charge >= 0.3 is 0 Å². The van der Waals surface area contributed by atoms with Gasteiger partial charge in [-0.3, -0.25) is 4.79 Å². The molecule has 0 fully saturated rings. The zero-order valence-corrected chi connectivity index (χ0v) is 10.6. The Morgan fingerprint density at radius 2 is 1.94 bits per heavy atom. The predicted octanol–water partition coefficient (Wildman–Crippen LogP) is 2.92. The normalized spacial score (nSPS) is 12.6. The molecule has 3 N–H and O–H groups in total. The monoisotopic (exact) mass is 260 g/mol. The Balaban J connectivity index is 2.74. The highest BCUT2D eigenvalue weighted by atomic mass is 35.5. The van der Waals surface area contributed by atoms with Crippen molar-refractivity contribution in [3.8, 4) is 0 Å². The zero-order valence-electron chi connectivity index (χ0n) is 9.13. The summed E-state index contributed by atoms with van der Waals surface area (Å²) in [5, 5.41) is 3.54. The molecule has 1 amide bonds. The Morgan fingerprint density at radius 1 is 1.31 bits per heavy atom. The quantitative estimate of drug-likeness (QED) is 0.878. The van der Waals surface area contributed by atoms with Crippen molar-refractivity contribution in [3.63, 3.8) is 0 Å². The topological polar surface area (TPSA) is 55.1 Å². The lowest BCUT2D eigenvalue weighted by molar-refractivity contribution is -0.118. The minimum Gasteiger partial charge on any atom is -0.325 e. The number of benzene rings is 1. The molecule has 0 spiro atoms. The van der Waals surface area contributed by atoms with E-state index in [0.717, 1.165) is 0 Å². The van der Waals surface area contributed by atoms with Crippen LogP contribution in [-0.2, 0) is 4.79 Å². The number of rotatable bonds is 3. The maximum absolute atomic E-state index is 11.6. The van der Waals surface area contributed by atoms with Gasteiger partial charge in [-0.1, -0.05) is 37.0 Å². The summed E-state index contributed by atoms with van der Waals surface area (Å²) >= 11 is 11.6. The number of nitrogens with one attached hydrogen (secondary N) is 1. The maximum atomic E-state index is 11.6. The lowest BCUT2D eigenvalue weighted by atomic mass is 10.1. The van der Waals surface area contributed by atoms with Crippen LogP contribution in [0, 0.1) is 5.92 Å². The molecule has 0 saturated carbocycles. The molecule has 0 aliphatic heterocycles. The molecule has 0 saturated heterocycles. The molecule has 0 radical (unpaired) electrons. The Morgan fingerprint density at radius 3 is 2.44 bits per heavy atom. The van der Waals surface area contributed by atoms with Crippen LogP contribution >= 0.6 is 23.2 Å². The van der Waals surface area contributed by atoms with Gasteiger partial charge in [-0.2, -0.15) is 0 Å². The Labute approximate surface area is 105 Å². The van der Waals surface area contributed by atoms with E-state index in [1.165, 1.54) is 0 Å². The number of amides is 1. The Hall–Kier alpha value is -0.770. The highest BCUT2D eigenvalue weighted by molar-refractivity contribution is 6.42. The molecule has 0 aromatic heterocycles. The molecule has 0 aliphatic carbocycles. The number of carbonyl (C=O) groups is 1. The standard InChI is InChI=1S/C11H14Cl2N2O/c1-6(2)10(14)11(16)15-7-3-4-8(12)9(13)5-7/h3-6,10H,14H2,1-2H3,(H,15,16). The summed E-state index contributed by atoms with van der Waals surface area (Å²) in [6.45, 7) is 3.78. The van der Waals surface area contributed by atoms with Crippen molar-refractivity contribution in [1.82, 2.24) is 0 Å². The largest absolute Gasteiger partial charge is 0.325 e. The minimum atomic E-state index is -0.533. The van der Waals surface area contributed by atoms with E-state index in [1.54, 1.807) is 18.2 Å². The summed E-state index contributed by atoms with van der Waals surface area (Å²) < 4.78 is 0. The van der Waals surface area contributed by atoms with Crippen LogP contribution in [0.5, 0.6) is 0 Å². The van der Waals surface area contributed by atoms with Crippen LogP contribution in [0.25, 0.3) is 0 Å². The molecule has 3 nitrogen and oxygen atoms in total. The molecule has 1 rings (SSSR count). The lowest BCUT2D eigenvalue weighted by Gasteiger charge is -2.15. The highest BCUT2D eigenvalue weighted by Gasteiger charge is 2.17. The van der Waals surface area contributed by atoms with Gasteiger partial charge in [0.1, 0.15) is 0 Å². The van der Waals surface area contributed by atoms with E-state index >= 15 is 0 Å². The van der Waals surface area contributed by atoms with Crippen LogP contribution in [0.2, 0.25) is 10.0 Å². The Bertz CT molecular complexity index is 394. The molecule has 0 heterocycles. The second-order valence-corrected chi connectivity index (χ2v) is 4.70. The molecular formula is C11H14Cl2N2O. The second-order valence-electron chi connectivity index (χ2n) is 3.89. The van der Waals surface area contributed by atoms with E-state index < -0.39 is 6.04 Å². The van der Waals surface area contributed by atoms with Gasteiger partial charge in [-0.15, -0.1) is 0 Å². The smallest absolute Gasteiger partial charge is 0.241 e. The van der Waals surface area contributed by atoms with Gasteiger partial charge in [0.05, 0.1) is 16.1 Å². The Kier molecular flexibility index (Phi) is 4.59. The number of hydrogen-bond donors (Lipinski definition) is 2. The lowest BCUT2D eigenvalue weighted by Crippen LogP contribution is -2.39. The van der Waals surface area contributed by atoms with Gasteiger partial charge in [0.15, 0.2) is 0 Å². The molecule has 1 aromatic carbocycles. The average Bonchev–Trinajstić information content (AvgIpc) is 2.22. The van der Waals surface area contributed by atoms with E-state index in [0.29, 0.717) is 15.7 Å². The van der Waals surface area contributed by atoms with E-state index in [9.17, 15) is 4.79 Å². The van der Waals surface area contributed by atoms with Crippen molar-refractivity contribution in [1.29, 1.82) is 0 Å². The van der Waals surface area contributed by atoms with Crippen LogP contribution in [0.15, 0.2) is 18.2 Å². The van der Waals surface area contributed by atoms with Gasteiger partial charge in [0.25, 0.3) is 0 Å². The molecule has 1 atom stereocenters. The van der Waals surface area contributed by atoms with Gasteiger partial charge in [0.2, 0.25) is 5.91 Å². The van der Waals surface area contributed by atoms with E-state index in [1.807, 2.05) is 13.8 Å². The number of hydrogen-bond acceptors (Lipinski definition) is 2. The van der Waals surface area contributed by atoms with Crippen molar-refractivity contribution < 1.29 is 4.79 Å². The number of carbonyl (C=O) groups excluding carboxylic acids is 1. The second kappa shape index (κ2) is 5.53. The van der Waals surface area contributed by atoms with Crippen molar-refractivity contribution in [2.45, 2.75) is 19.9 Å². The first-order valence-corrected chi connectivity index (χ1v) is 5.69. The molecule has 5 heteroatoms. The predicted molar refractivity (Wildman–Crippen MR) is 67.9 cm³/mol. The summed E-state index contributed by atoms with van der Waals surface area (Å²) in [4.78, 5) is 11.6. The van der Waals surface area contributed by atoms with Crippen molar-refractivity contribution >= 4 is 34.8 Å².